The SMILES string of the molecule is Cc1nc2c(-c3ccc4ncc(N(C)C)nc4c3Cl)nn(C3CCCCO3)c2nc1N1[C@H]2CC[C@@H]1[C@@H](F)[C@@H](NC(=O)OC(C)(C)C)C2.Cc1nc2c(I)nn(C3CCCCO3)c2nc1N1[C@H]2CC[C@@H]1[C@@H](F)[C@@H](NC(=O)OC(C)(C)C)C2. The number of carbonyl (C=O) groups is 2. The lowest BCUT2D eigenvalue weighted by Crippen LogP contribution is -2.58. The first kappa shape index (κ1) is 57.2. The molecule has 0 radical (unpaired) electrons. The van der Waals surface area contributed by atoms with Gasteiger partial charge in [0.25, 0.3) is 0 Å². The van der Waals surface area contributed by atoms with E-state index < -0.39 is 53.9 Å². The average molecular weight is 1250 g/mol. The molecule has 6 saturated heterocycles. The molecule has 2 N–H and O–H groups in total. The van der Waals surface area contributed by atoms with Gasteiger partial charge in [-0.05, 0) is 167 Å². The molecule has 6 aliphatic rings. The van der Waals surface area contributed by atoms with Crippen molar-refractivity contribution in [3.8, 4) is 11.3 Å². The van der Waals surface area contributed by atoms with Gasteiger partial charge >= 0.3 is 12.2 Å². The summed E-state index contributed by atoms with van der Waals surface area (Å²) in [6.45, 7) is 15.9. The quantitative estimate of drug-likeness (QED) is 0.135. The van der Waals surface area contributed by atoms with E-state index in [-0.39, 0.29) is 30.6 Å². The number of fused-ring (bicyclic) bond motifs is 7. The van der Waals surface area contributed by atoms with E-state index >= 15 is 8.78 Å². The van der Waals surface area contributed by atoms with Crippen molar-refractivity contribution in [2.24, 2.45) is 0 Å². The van der Waals surface area contributed by atoms with Crippen LogP contribution >= 0.6 is 34.2 Å². The van der Waals surface area contributed by atoms with Gasteiger partial charge in [0, 0.05) is 45.0 Å². The van der Waals surface area contributed by atoms with Crippen LogP contribution in [0.5, 0.6) is 0 Å². The van der Waals surface area contributed by atoms with Crippen molar-refractivity contribution < 1.29 is 37.3 Å². The smallest absolute Gasteiger partial charge is 0.407 e. The summed E-state index contributed by atoms with van der Waals surface area (Å²) in [5, 5.41) is 15.7. The molecule has 10 atom stereocenters. The molecular weight excluding hydrogens is 1180 g/mol. The van der Waals surface area contributed by atoms with Gasteiger partial charge in [0.15, 0.2) is 39.1 Å². The number of benzene rings is 1. The van der Waals surface area contributed by atoms with Crippen molar-refractivity contribution in [2.75, 3.05) is 42.0 Å². The second kappa shape index (κ2) is 22.5. The van der Waals surface area contributed by atoms with Crippen LogP contribution in [0.1, 0.15) is 142 Å². The highest BCUT2D eigenvalue weighted by Crippen LogP contribution is 2.45. The van der Waals surface area contributed by atoms with Crippen LogP contribution in [0, 0.1) is 17.5 Å². The number of ether oxygens (including phenoxy) is 4. The summed E-state index contributed by atoms with van der Waals surface area (Å²) in [5.41, 5.74) is 5.20. The molecule has 2 unspecified atom stereocenters. The van der Waals surface area contributed by atoms with E-state index in [1.807, 2.05) is 54.3 Å². The molecule has 0 saturated carbocycles. The highest BCUT2D eigenvalue weighted by molar-refractivity contribution is 14.1. The van der Waals surface area contributed by atoms with Crippen LogP contribution in [-0.4, -0.2) is 149 Å². The number of rotatable bonds is 8. The second-order valence-corrected chi connectivity index (χ2v) is 25.9. The van der Waals surface area contributed by atoms with E-state index in [0.717, 1.165) is 66.3 Å². The number of aromatic nitrogens is 10. The highest BCUT2D eigenvalue weighted by atomic mass is 127. The molecule has 2 amide bonds. The zero-order chi connectivity index (χ0) is 57.4. The standard InChI is InChI=1S/C33H41ClFN9O3.C23H32FIN6O3/c1-17-30(43-18-10-13-22(43)26(35)21(15-18)38-32(45)47-33(2,3)4)40-31-29(37-17)27(41-44(31)24-9-7-8-14-46-24)19-11-12-20-28(25(19)34)39-23(16-36-20)42(5)6;1-12-20(28-21-18(26-12)19(25)29-31(21)16-7-5-6-10-33-16)30-13-8-9-15(30)17(24)14(11-13)27-22(32)34-23(2,3)4/h11-12,16,18,21-22,24,26H,7-10,13-15H2,1-6H3,(H,38,45);13-17H,5-11H2,1-4H3,(H,27,32)/t18-,21-,22+,24?,26-;13-,14-,15+,16?,17-/m00/s1. The molecular formula is C56H73ClF2IN15O6. The van der Waals surface area contributed by atoms with E-state index in [1.54, 1.807) is 47.7 Å². The summed E-state index contributed by atoms with van der Waals surface area (Å²) >= 11 is 9.24. The minimum atomic E-state index is -1.30. The third kappa shape index (κ3) is 11.5. The molecule has 1 aromatic carbocycles. The number of hydrogen-bond acceptors (Lipinski definition) is 17. The third-order valence-electron chi connectivity index (χ3n) is 16.1. The maximum atomic E-state index is 16.1. The summed E-state index contributed by atoms with van der Waals surface area (Å²) in [7, 11) is 3.81. The van der Waals surface area contributed by atoms with Gasteiger partial charge in [-0.15, -0.1) is 0 Å². The molecule has 81 heavy (non-hydrogen) atoms. The molecule has 4 bridgehead atoms. The number of alkyl carbamates (subject to hydrolysis) is 2. The van der Waals surface area contributed by atoms with Crippen LogP contribution in [0.25, 0.3) is 44.6 Å². The largest absolute Gasteiger partial charge is 0.444 e. The maximum absolute atomic E-state index is 16.1. The van der Waals surface area contributed by atoms with Crippen molar-refractivity contribution in [1.29, 1.82) is 0 Å². The number of carbonyl (C=O) groups excluding carboxylic acids is 2. The summed E-state index contributed by atoms with van der Waals surface area (Å²) in [5.74, 6) is 2.01. The van der Waals surface area contributed by atoms with E-state index in [4.69, 9.17) is 60.6 Å². The monoisotopic (exact) mass is 1250 g/mol. The first-order valence-electron chi connectivity index (χ1n) is 28.4. The van der Waals surface area contributed by atoms with E-state index in [0.29, 0.717) is 106 Å². The van der Waals surface area contributed by atoms with Crippen LogP contribution in [0.3, 0.4) is 0 Å². The zero-order valence-electron chi connectivity index (χ0n) is 47.7. The number of anilines is 3. The summed E-state index contributed by atoms with van der Waals surface area (Å²) in [4.78, 5) is 60.3. The van der Waals surface area contributed by atoms with Gasteiger partial charge in [-0.25, -0.2) is 52.7 Å². The Morgan fingerprint density at radius 3 is 1.69 bits per heavy atom. The number of nitrogens with zero attached hydrogens (tertiary/aromatic N) is 13. The van der Waals surface area contributed by atoms with Gasteiger partial charge in [-0.1, -0.05) is 11.6 Å². The predicted molar refractivity (Wildman–Crippen MR) is 312 cm³/mol. The normalized spacial score (nSPS) is 26.6. The fraction of sp³-hybridized carbons (Fsp3) is 0.643. The predicted octanol–water partition coefficient (Wildman–Crippen LogP) is 10.5. The number of alkyl halides is 2. The first-order valence-corrected chi connectivity index (χ1v) is 29.9. The molecule has 11 heterocycles. The molecule has 436 valence electrons. The Balaban J connectivity index is 0.000000180. The summed E-state index contributed by atoms with van der Waals surface area (Å²) in [6, 6.07) is 1.78. The Morgan fingerprint density at radius 2 is 1.20 bits per heavy atom. The number of aryl methyl sites for hydroxylation is 2. The molecule has 5 aromatic heterocycles. The Kier molecular flexibility index (Phi) is 15.9. The van der Waals surface area contributed by atoms with Gasteiger partial charge < -0.3 is 44.3 Å². The molecule has 12 rings (SSSR count). The van der Waals surface area contributed by atoms with Gasteiger partial charge in [-0.3, -0.25) is 4.98 Å². The zero-order valence-corrected chi connectivity index (χ0v) is 50.6. The lowest BCUT2D eigenvalue weighted by atomic mass is 9.95. The van der Waals surface area contributed by atoms with Gasteiger partial charge in [-0.2, -0.15) is 10.2 Å². The topological polar surface area (TPSA) is 218 Å². The van der Waals surface area contributed by atoms with Gasteiger partial charge in [0.05, 0.1) is 52.3 Å². The van der Waals surface area contributed by atoms with Crippen molar-refractivity contribution in [2.45, 2.75) is 205 Å². The molecule has 6 aromatic rings. The molecule has 6 fully saturated rings. The minimum Gasteiger partial charge on any atom is -0.444 e. The van der Waals surface area contributed by atoms with E-state index in [1.165, 1.54) is 0 Å². The van der Waals surface area contributed by atoms with Crippen LogP contribution in [-0.2, 0) is 18.9 Å². The lowest BCUT2D eigenvalue weighted by molar-refractivity contribution is -0.0372. The molecule has 25 heteroatoms. The van der Waals surface area contributed by atoms with Crippen LogP contribution in [0.4, 0.5) is 35.8 Å². The average Bonchev–Trinajstić information content (AvgIpc) is 3.18. The van der Waals surface area contributed by atoms with Gasteiger partial charge in [0.1, 0.15) is 51.6 Å². The molecule has 0 spiro atoms. The van der Waals surface area contributed by atoms with Crippen molar-refractivity contribution in [3.05, 3.63) is 38.4 Å². The van der Waals surface area contributed by atoms with Crippen molar-refractivity contribution >= 4 is 97.2 Å². The van der Waals surface area contributed by atoms with E-state index in [9.17, 15) is 9.59 Å². The molecule has 21 nitrogen and oxygen atoms in total. The lowest BCUT2D eigenvalue weighted by Gasteiger charge is -2.42. The third-order valence-corrected chi connectivity index (χ3v) is 17.2. The molecule has 0 aliphatic carbocycles. The Hall–Kier alpha value is -5.60. The fourth-order valence-corrected chi connectivity index (χ4v) is 13.4. The van der Waals surface area contributed by atoms with Crippen LogP contribution in [0.2, 0.25) is 5.02 Å². The Labute approximate surface area is 488 Å². The first-order chi connectivity index (χ1) is 38.5. The van der Waals surface area contributed by atoms with Crippen LogP contribution in [0.15, 0.2) is 18.3 Å². The maximum Gasteiger partial charge on any atom is 0.407 e. The fourth-order valence-electron chi connectivity index (χ4n) is 12.5. The summed E-state index contributed by atoms with van der Waals surface area (Å²) in [6.07, 6.45) is 7.25. The minimum absolute atomic E-state index is 0.0152. The Bertz CT molecular complexity index is 3340. The van der Waals surface area contributed by atoms with E-state index in [2.05, 4.69) is 53.1 Å². The number of amides is 2. The number of halogens is 4. The number of hydrogen-bond donors (Lipinski definition) is 2. The second-order valence-electron chi connectivity index (χ2n) is 24.5. The number of nitrogens with one attached hydrogen (secondary N) is 2. The molecule has 6 aliphatic heterocycles. The highest BCUT2D eigenvalue weighted by Gasteiger charge is 2.51. The number of piperidine rings is 2. The Morgan fingerprint density at radius 1 is 0.691 bits per heavy atom. The van der Waals surface area contributed by atoms with Gasteiger partial charge in [0.2, 0.25) is 0 Å². The van der Waals surface area contributed by atoms with Crippen molar-refractivity contribution in [1.82, 2.24) is 60.1 Å². The van der Waals surface area contributed by atoms with Crippen molar-refractivity contribution in [3.63, 3.8) is 0 Å². The summed E-state index contributed by atoms with van der Waals surface area (Å²) < 4.78 is 59.2. The van der Waals surface area contributed by atoms with Crippen LogP contribution < -0.4 is 25.3 Å².